The van der Waals surface area contributed by atoms with Crippen molar-refractivity contribution in [1.82, 2.24) is 4.98 Å². The normalized spacial score (nSPS) is 11.2. The van der Waals surface area contributed by atoms with Crippen LogP contribution in [0.1, 0.15) is 11.1 Å². The Labute approximate surface area is 120 Å². The van der Waals surface area contributed by atoms with E-state index >= 15 is 0 Å². The van der Waals surface area contributed by atoms with Crippen molar-refractivity contribution >= 4 is 38.9 Å². The largest absolute Gasteiger partial charge is 0.265 e. The highest BCUT2D eigenvalue weighted by molar-refractivity contribution is 9.10. The zero-order valence-corrected chi connectivity index (χ0v) is 11.8. The Bertz CT molecular complexity index is 733. The SMILES string of the molecule is Brc1c(C=Cc2ccncc2)ccc2ccccc12. The van der Waals surface area contributed by atoms with Gasteiger partial charge in [0.15, 0.2) is 0 Å². The van der Waals surface area contributed by atoms with Crippen molar-refractivity contribution in [3.05, 3.63) is 76.5 Å². The molecule has 0 atom stereocenters. The molecule has 0 unspecified atom stereocenters. The summed E-state index contributed by atoms with van der Waals surface area (Å²) in [4.78, 5) is 4.02. The van der Waals surface area contributed by atoms with Gasteiger partial charge in [-0.25, -0.2) is 0 Å². The zero-order valence-electron chi connectivity index (χ0n) is 10.3. The van der Waals surface area contributed by atoms with Crippen LogP contribution in [0.15, 0.2) is 65.4 Å². The number of rotatable bonds is 2. The maximum Gasteiger partial charge on any atom is 0.0326 e. The lowest BCUT2D eigenvalue weighted by atomic mass is 10.1. The van der Waals surface area contributed by atoms with E-state index in [0.717, 1.165) is 10.0 Å². The maximum atomic E-state index is 4.02. The first-order chi connectivity index (χ1) is 9.34. The number of hydrogen-bond acceptors (Lipinski definition) is 1. The molecule has 1 heterocycles. The van der Waals surface area contributed by atoms with Crippen molar-refractivity contribution in [3.8, 4) is 0 Å². The van der Waals surface area contributed by atoms with Crippen molar-refractivity contribution in [2.24, 2.45) is 0 Å². The van der Waals surface area contributed by atoms with Crippen molar-refractivity contribution in [2.75, 3.05) is 0 Å². The molecule has 0 spiro atoms. The van der Waals surface area contributed by atoms with Gasteiger partial charge in [0.05, 0.1) is 0 Å². The Morgan fingerprint density at radius 3 is 2.47 bits per heavy atom. The van der Waals surface area contributed by atoms with Gasteiger partial charge in [-0.05, 0) is 50.0 Å². The molecular formula is C17H12BrN. The molecule has 0 amide bonds. The minimum atomic E-state index is 1.14. The van der Waals surface area contributed by atoms with E-state index in [9.17, 15) is 0 Å². The molecule has 0 aliphatic carbocycles. The summed E-state index contributed by atoms with van der Waals surface area (Å²) in [5, 5.41) is 2.48. The summed E-state index contributed by atoms with van der Waals surface area (Å²) in [5.41, 5.74) is 2.32. The summed E-state index contributed by atoms with van der Waals surface area (Å²) in [6.07, 6.45) is 7.81. The van der Waals surface area contributed by atoms with Crippen LogP contribution >= 0.6 is 15.9 Å². The molecule has 3 rings (SSSR count). The average Bonchev–Trinajstić information content (AvgIpc) is 2.48. The number of nitrogens with zero attached hydrogens (tertiary/aromatic N) is 1. The molecule has 0 saturated carbocycles. The van der Waals surface area contributed by atoms with Gasteiger partial charge >= 0.3 is 0 Å². The summed E-state index contributed by atoms with van der Waals surface area (Å²) < 4.78 is 1.14. The summed E-state index contributed by atoms with van der Waals surface area (Å²) >= 11 is 3.69. The highest BCUT2D eigenvalue weighted by Crippen LogP contribution is 2.28. The van der Waals surface area contributed by atoms with Crippen LogP contribution in [0.25, 0.3) is 22.9 Å². The second-order valence-corrected chi connectivity index (χ2v) is 5.10. The lowest BCUT2D eigenvalue weighted by Gasteiger charge is -2.04. The molecule has 92 valence electrons. The van der Waals surface area contributed by atoms with Gasteiger partial charge in [0.1, 0.15) is 0 Å². The van der Waals surface area contributed by atoms with Crippen LogP contribution in [0, 0.1) is 0 Å². The predicted molar refractivity (Wildman–Crippen MR) is 84.8 cm³/mol. The minimum absolute atomic E-state index is 1.14. The fourth-order valence-electron chi connectivity index (χ4n) is 2.04. The van der Waals surface area contributed by atoms with Crippen LogP contribution in [-0.2, 0) is 0 Å². The van der Waals surface area contributed by atoms with E-state index in [4.69, 9.17) is 0 Å². The molecule has 2 heteroatoms. The van der Waals surface area contributed by atoms with Gasteiger partial charge in [-0.1, -0.05) is 48.6 Å². The van der Waals surface area contributed by atoms with Crippen LogP contribution < -0.4 is 0 Å². The summed E-state index contributed by atoms with van der Waals surface area (Å²) in [5.74, 6) is 0. The van der Waals surface area contributed by atoms with E-state index in [2.05, 4.69) is 69.5 Å². The topological polar surface area (TPSA) is 12.9 Å². The summed E-state index contributed by atoms with van der Waals surface area (Å²) in [7, 11) is 0. The lowest BCUT2D eigenvalue weighted by molar-refractivity contribution is 1.32. The Kier molecular flexibility index (Phi) is 3.43. The van der Waals surface area contributed by atoms with Crippen LogP contribution in [0.5, 0.6) is 0 Å². The Morgan fingerprint density at radius 1 is 0.842 bits per heavy atom. The third-order valence-corrected chi connectivity index (χ3v) is 3.94. The van der Waals surface area contributed by atoms with Gasteiger partial charge in [0, 0.05) is 16.9 Å². The molecule has 0 aliphatic rings. The van der Waals surface area contributed by atoms with E-state index in [1.54, 1.807) is 12.4 Å². The lowest BCUT2D eigenvalue weighted by Crippen LogP contribution is -1.80. The first kappa shape index (κ1) is 12.1. The number of halogens is 1. The number of pyridine rings is 1. The minimum Gasteiger partial charge on any atom is -0.265 e. The standard InChI is InChI=1S/C17H12BrN/c18-17-15(6-5-13-9-11-19-12-10-13)8-7-14-3-1-2-4-16(14)17/h1-12H. The molecule has 3 aromatic rings. The first-order valence-electron chi connectivity index (χ1n) is 6.10. The van der Waals surface area contributed by atoms with Gasteiger partial charge in [0.2, 0.25) is 0 Å². The van der Waals surface area contributed by atoms with Gasteiger partial charge in [-0.15, -0.1) is 0 Å². The highest BCUT2D eigenvalue weighted by Gasteiger charge is 2.01. The smallest absolute Gasteiger partial charge is 0.0326 e. The average molecular weight is 310 g/mol. The Balaban J connectivity index is 2.02. The van der Waals surface area contributed by atoms with Crippen LogP contribution in [0.3, 0.4) is 0 Å². The van der Waals surface area contributed by atoms with Crippen molar-refractivity contribution < 1.29 is 0 Å². The molecule has 0 N–H and O–H groups in total. The van der Waals surface area contributed by atoms with Crippen LogP contribution in [-0.4, -0.2) is 4.98 Å². The molecule has 1 aromatic heterocycles. The third-order valence-electron chi connectivity index (χ3n) is 3.05. The first-order valence-corrected chi connectivity index (χ1v) is 6.89. The summed E-state index contributed by atoms with van der Waals surface area (Å²) in [6, 6.07) is 16.6. The number of benzene rings is 2. The Hall–Kier alpha value is -1.93. The van der Waals surface area contributed by atoms with E-state index in [1.165, 1.54) is 16.3 Å². The molecule has 0 bridgehead atoms. The molecule has 0 fully saturated rings. The Morgan fingerprint density at radius 2 is 1.63 bits per heavy atom. The number of hydrogen-bond donors (Lipinski definition) is 0. The van der Waals surface area contributed by atoms with Crippen LogP contribution in [0.2, 0.25) is 0 Å². The maximum absolute atomic E-state index is 4.02. The van der Waals surface area contributed by atoms with Gasteiger partial charge in [0.25, 0.3) is 0 Å². The fraction of sp³-hybridized carbons (Fsp3) is 0. The number of fused-ring (bicyclic) bond motifs is 1. The van der Waals surface area contributed by atoms with Crippen molar-refractivity contribution in [3.63, 3.8) is 0 Å². The van der Waals surface area contributed by atoms with Crippen molar-refractivity contribution in [1.29, 1.82) is 0 Å². The van der Waals surface area contributed by atoms with E-state index in [1.807, 2.05) is 12.1 Å². The molecular weight excluding hydrogens is 298 g/mol. The van der Waals surface area contributed by atoms with Gasteiger partial charge in [-0.3, -0.25) is 4.98 Å². The molecule has 1 nitrogen and oxygen atoms in total. The van der Waals surface area contributed by atoms with Gasteiger partial charge in [-0.2, -0.15) is 0 Å². The molecule has 0 saturated heterocycles. The van der Waals surface area contributed by atoms with Crippen molar-refractivity contribution in [2.45, 2.75) is 0 Å². The van der Waals surface area contributed by atoms with Gasteiger partial charge < -0.3 is 0 Å². The quantitative estimate of drug-likeness (QED) is 0.636. The third kappa shape index (κ3) is 2.59. The zero-order chi connectivity index (χ0) is 13.1. The summed E-state index contributed by atoms with van der Waals surface area (Å²) in [6.45, 7) is 0. The van der Waals surface area contributed by atoms with Crippen LogP contribution in [0.4, 0.5) is 0 Å². The number of aromatic nitrogens is 1. The molecule has 0 aliphatic heterocycles. The van der Waals surface area contributed by atoms with E-state index in [-0.39, 0.29) is 0 Å². The molecule has 19 heavy (non-hydrogen) atoms. The second-order valence-electron chi connectivity index (χ2n) is 4.30. The predicted octanol–water partition coefficient (Wildman–Crippen LogP) is 5.17. The molecule has 0 radical (unpaired) electrons. The van der Waals surface area contributed by atoms with E-state index in [0.29, 0.717) is 0 Å². The second kappa shape index (κ2) is 5.37. The monoisotopic (exact) mass is 309 g/mol. The van der Waals surface area contributed by atoms with E-state index < -0.39 is 0 Å². The molecule has 2 aromatic carbocycles. The fourth-order valence-corrected chi connectivity index (χ4v) is 2.67. The highest BCUT2D eigenvalue weighted by atomic mass is 79.9.